The van der Waals surface area contributed by atoms with Crippen molar-refractivity contribution in [2.75, 3.05) is 13.1 Å². The highest BCUT2D eigenvalue weighted by molar-refractivity contribution is 5.92. The largest absolute Gasteiger partial charge is 0.419 e. The van der Waals surface area contributed by atoms with Crippen molar-refractivity contribution in [2.45, 2.75) is 32.1 Å². The Labute approximate surface area is 180 Å². The first-order valence-electron chi connectivity index (χ1n) is 10.7. The summed E-state index contributed by atoms with van der Waals surface area (Å²) in [4.78, 5) is 19.3. The third-order valence-corrected chi connectivity index (χ3v) is 6.04. The monoisotopic (exact) mass is 412 g/mol. The minimum Gasteiger partial charge on any atom is -0.419 e. The van der Waals surface area contributed by atoms with Crippen LogP contribution in [0, 0.1) is 6.92 Å². The fourth-order valence-electron chi connectivity index (χ4n) is 4.27. The Kier molecular flexibility index (Phi) is 5.20. The van der Waals surface area contributed by atoms with Crippen molar-refractivity contribution in [1.82, 2.24) is 20.1 Å². The van der Waals surface area contributed by atoms with Crippen LogP contribution in [0.15, 0.2) is 65.2 Å². The van der Waals surface area contributed by atoms with Crippen LogP contribution in [0.2, 0.25) is 0 Å². The summed E-state index contributed by atoms with van der Waals surface area (Å²) in [6, 6.07) is 18.0. The van der Waals surface area contributed by atoms with E-state index in [0.717, 1.165) is 41.3 Å². The number of piperidine rings is 1. The quantitative estimate of drug-likeness (QED) is 0.492. The second-order valence-corrected chi connectivity index (χ2v) is 8.11. The first kappa shape index (κ1) is 19.4. The van der Waals surface area contributed by atoms with Crippen LogP contribution in [-0.2, 0) is 11.2 Å². The molecule has 5 rings (SSSR count). The minimum atomic E-state index is 0.0470. The van der Waals surface area contributed by atoms with E-state index in [2.05, 4.69) is 15.2 Å². The SMILES string of the molecule is Cc1ccccc1CC(=O)N1CCC[C@H](c2nnc(-c3nccc4ccccc34)o2)C1. The molecule has 6 nitrogen and oxygen atoms in total. The van der Waals surface area contributed by atoms with Crippen LogP contribution < -0.4 is 0 Å². The average Bonchev–Trinajstić information content (AvgIpc) is 3.30. The zero-order chi connectivity index (χ0) is 21.2. The Morgan fingerprint density at radius 1 is 1.10 bits per heavy atom. The number of nitrogens with zero attached hydrogens (tertiary/aromatic N) is 4. The van der Waals surface area contributed by atoms with Crippen LogP contribution in [0.3, 0.4) is 0 Å². The smallest absolute Gasteiger partial charge is 0.266 e. The number of rotatable bonds is 4. The van der Waals surface area contributed by atoms with Gasteiger partial charge in [-0.1, -0.05) is 48.5 Å². The summed E-state index contributed by atoms with van der Waals surface area (Å²) in [5, 5.41) is 10.7. The van der Waals surface area contributed by atoms with Gasteiger partial charge in [0, 0.05) is 24.7 Å². The predicted molar refractivity (Wildman–Crippen MR) is 118 cm³/mol. The van der Waals surface area contributed by atoms with Gasteiger partial charge < -0.3 is 9.32 Å². The number of fused-ring (bicyclic) bond motifs is 1. The first-order valence-corrected chi connectivity index (χ1v) is 10.7. The van der Waals surface area contributed by atoms with Crippen molar-refractivity contribution in [3.8, 4) is 11.6 Å². The van der Waals surface area contributed by atoms with Gasteiger partial charge in [0.2, 0.25) is 11.8 Å². The van der Waals surface area contributed by atoms with Gasteiger partial charge >= 0.3 is 0 Å². The molecule has 0 spiro atoms. The maximum Gasteiger partial charge on any atom is 0.266 e. The second-order valence-electron chi connectivity index (χ2n) is 8.11. The molecule has 1 saturated heterocycles. The van der Waals surface area contributed by atoms with Gasteiger partial charge in [0.1, 0.15) is 5.69 Å². The molecule has 31 heavy (non-hydrogen) atoms. The number of pyridine rings is 1. The van der Waals surface area contributed by atoms with E-state index in [0.29, 0.717) is 30.4 Å². The fraction of sp³-hybridized carbons (Fsp3) is 0.280. The Balaban J connectivity index is 1.34. The van der Waals surface area contributed by atoms with Crippen LogP contribution in [0.5, 0.6) is 0 Å². The van der Waals surface area contributed by atoms with Crippen LogP contribution in [0.4, 0.5) is 0 Å². The van der Waals surface area contributed by atoms with E-state index in [1.54, 1.807) is 6.20 Å². The summed E-state index contributed by atoms with van der Waals surface area (Å²) in [5.74, 6) is 1.20. The van der Waals surface area contributed by atoms with Crippen LogP contribution in [-0.4, -0.2) is 39.1 Å². The minimum absolute atomic E-state index is 0.0470. The number of hydrogen-bond donors (Lipinski definition) is 0. The predicted octanol–water partition coefficient (Wildman–Crippen LogP) is 4.54. The first-order chi connectivity index (χ1) is 15.2. The molecule has 1 fully saturated rings. The second kappa shape index (κ2) is 8.30. The molecule has 2 aromatic carbocycles. The number of amides is 1. The van der Waals surface area contributed by atoms with Gasteiger partial charge in [0.15, 0.2) is 0 Å². The van der Waals surface area contributed by atoms with Gasteiger partial charge in [-0.05, 0) is 42.3 Å². The molecular formula is C25H24N4O2. The van der Waals surface area contributed by atoms with E-state index in [4.69, 9.17) is 4.42 Å². The van der Waals surface area contributed by atoms with Crippen molar-refractivity contribution in [1.29, 1.82) is 0 Å². The molecule has 0 bridgehead atoms. The van der Waals surface area contributed by atoms with E-state index in [1.165, 1.54) is 0 Å². The van der Waals surface area contributed by atoms with Gasteiger partial charge in [-0.2, -0.15) is 0 Å². The lowest BCUT2D eigenvalue weighted by atomic mass is 9.97. The topological polar surface area (TPSA) is 72.1 Å². The number of aromatic nitrogens is 3. The summed E-state index contributed by atoms with van der Waals surface area (Å²) in [6.45, 7) is 3.42. The number of carbonyl (C=O) groups is 1. The number of likely N-dealkylation sites (tertiary alicyclic amines) is 1. The number of hydrogen-bond acceptors (Lipinski definition) is 5. The van der Waals surface area contributed by atoms with E-state index in [-0.39, 0.29) is 11.8 Å². The molecule has 0 unspecified atom stereocenters. The van der Waals surface area contributed by atoms with E-state index in [1.807, 2.05) is 66.4 Å². The molecule has 156 valence electrons. The van der Waals surface area contributed by atoms with Crippen molar-refractivity contribution in [3.63, 3.8) is 0 Å². The molecule has 0 aliphatic carbocycles. The van der Waals surface area contributed by atoms with Crippen LogP contribution >= 0.6 is 0 Å². The Hall–Kier alpha value is -3.54. The molecule has 1 atom stereocenters. The molecule has 1 amide bonds. The van der Waals surface area contributed by atoms with Gasteiger partial charge in [0.05, 0.1) is 12.3 Å². The molecule has 1 aliphatic heterocycles. The van der Waals surface area contributed by atoms with Crippen molar-refractivity contribution in [3.05, 3.63) is 77.8 Å². The average molecular weight is 412 g/mol. The van der Waals surface area contributed by atoms with Gasteiger partial charge in [-0.15, -0.1) is 10.2 Å². The van der Waals surface area contributed by atoms with Crippen molar-refractivity contribution < 1.29 is 9.21 Å². The van der Waals surface area contributed by atoms with Gasteiger partial charge in [0.25, 0.3) is 5.89 Å². The molecular weight excluding hydrogens is 388 g/mol. The van der Waals surface area contributed by atoms with Gasteiger partial charge in [-0.3, -0.25) is 9.78 Å². The summed E-state index contributed by atoms with van der Waals surface area (Å²) >= 11 is 0. The molecule has 0 radical (unpaired) electrons. The summed E-state index contributed by atoms with van der Waals surface area (Å²) in [7, 11) is 0. The normalized spacial score (nSPS) is 16.5. The van der Waals surface area contributed by atoms with Crippen molar-refractivity contribution in [2.24, 2.45) is 0 Å². The van der Waals surface area contributed by atoms with Crippen LogP contribution in [0.25, 0.3) is 22.4 Å². The van der Waals surface area contributed by atoms with Crippen molar-refractivity contribution >= 4 is 16.7 Å². The number of aryl methyl sites for hydroxylation is 1. The zero-order valence-corrected chi connectivity index (χ0v) is 17.5. The molecule has 4 aromatic rings. The molecule has 0 saturated carbocycles. The maximum absolute atomic E-state index is 12.9. The Bertz CT molecular complexity index is 1230. The van der Waals surface area contributed by atoms with Gasteiger partial charge in [-0.25, -0.2) is 0 Å². The highest BCUT2D eigenvalue weighted by atomic mass is 16.4. The lowest BCUT2D eigenvalue weighted by molar-refractivity contribution is -0.131. The van der Waals surface area contributed by atoms with Crippen LogP contribution in [0.1, 0.15) is 35.8 Å². The zero-order valence-electron chi connectivity index (χ0n) is 17.5. The summed E-state index contributed by atoms with van der Waals surface area (Å²) in [5.41, 5.74) is 2.92. The molecule has 0 N–H and O–H groups in total. The standard InChI is InChI=1S/C25H24N4O2/c1-17-7-2-3-9-19(17)15-22(30)29-14-6-10-20(16-29)24-27-28-25(31-24)23-21-11-5-4-8-18(21)12-13-26-23/h2-5,7-9,11-13,20H,6,10,14-16H2,1H3/t20-/m0/s1. The maximum atomic E-state index is 12.9. The highest BCUT2D eigenvalue weighted by Crippen LogP contribution is 2.30. The third kappa shape index (κ3) is 3.93. The molecule has 6 heteroatoms. The Morgan fingerprint density at radius 2 is 1.94 bits per heavy atom. The molecule has 1 aliphatic rings. The lowest BCUT2D eigenvalue weighted by Gasteiger charge is -2.31. The molecule has 3 heterocycles. The van der Waals surface area contributed by atoms with E-state index in [9.17, 15) is 4.79 Å². The highest BCUT2D eigenvalue weighted by Gasteiger charge is 2.29. The van der Waals surface area contributed by atoms with E-state index < -0.39 is 0 Å². The molecule has 2 aromatic heterocycles. The fourth-order valence-corrected chi connectivity index (χ4v) is 4.27. The third-order valence-electron chi connectivity index (χ3n) is 6.04. The summed E-state index contributed by atoms with van der Waals surface area (Å²) in [6.07, 6.45) is 4.04. The summed E-state index contributed by atoms with van der Waals surface area (Å²) < 4.78 is 6.06. The lowest BCUT2D eigenvalue weighted by Crippen LogP contribution is -2.40. The number of carbonyl (C=O) groups excluding carboxylic acids is 1. The Morgan fingerprint density at radius 3 is 2.84 bits per heavy atom. The number of benzene rings is 2. The van der Waals surface area contributed by atoms with E-state index >= 15 is 0 Å².